The van der Waals surface area contributed by atoms with Gasteiger partial charge in [0.15, 0.2) is 11.5 Å². The van der Waals surface area contributed by atoms with Gasteiger partial charge in [-0.2, -0.15) is 0 Å². The van der Waals surface area contributed by atoms with Crippen molar-refractivity contribution in [2.24, 2.45) is 0 Å². The lowest BCUT2D eigenvalue weighted by atomic mass is 10.3. The summed E-state index contributed by atoms with van der Waals surface area (Å²) >= 11 is 0. The molecule has 0 fully saturated rings. The minimum atomic E-state index is -0.275. The SMILES string of the molecule is Cc1ccc(CNC(=O)c2nc(-c3cn(-c4ccccn4)cn3)n3ccccc23)o1. The Morgan fingerprint density at radius 2 is 2.00 bits per heavy atom. The molecular formula is C22H18N6O2. The Morgan fingerprint density at radius 1 is 1.10 bits per heavy atom. The first-order valence-electron chi connectivity index (χ1n) is 9.45. The van der Waals surface area contributed by atoms with E-state index in [9.17, 15) is 4.79 Å². The van der Waals surface area contributed by atoms with E-state index in [4.69, 9.17) is 4.42 Å². The highest BCUT2D eigenvalue weighted by Crippen LogP contribution is 2.22. The fourth-order valence-electron chi connectivity index (χ4n) is 3.29. The normalized spacial score (nSPS) is 11.1. The van der Waals surface area contributed by atoms with Gasteiger partial charge in [0, 0.05) is 18.6 Å². The van der Waals surface area contributed by atoms with Crippen molar-refractivity contribution in [2.45, 2.75) is 13.5 Å². The topological polar surface area (TPSA) is 90.2 Å². The number of pyridine rings is 2. The second-order valence-corrected chi connectivity index (χ2v) is 6.79. The average Bonchev–Trinajstić information content (AvgIpc) is 3.51. The maximum absolute atomic E-state index is 12.8. The van der Waals surface area contributed by atoms with Gasteiger partial charge < -0.3 is 9.73 Å². The number of furan rings is 1. The summed E-state index contributed by atoms with van der Waals surface area (Å²) in [6, 6.07) is 15.0. The maximum Gasteiger partial charge on any atom is 0.272 e. The lowest BCUT2D eigenvalue weighted by molar-refractivity contribution is 0.0945. The van der Waals surface area contributed by atoms with Crippen LogP contribution in [0.3, 0.4) is 0 Å². The number of hydrogen-bond donors (Lipinski definition) is 1. The Kier molecular flexibility index (Phi) is 4.36. The lowest BCUT2D eigenvalue weighted by Crippen LogP contribution is -2.23. The maximum atomic E-state index is 12.8. The van der Waals surface area contributed by atoms with E-state index < -0.39 is 0 Å². The van der Waals surface area contributed by atoms with Gasteiger partial charge in [-0.15, -0.1) is 0 Å². The summed E-state index contributed by atoms with van der Waals surface area (Å²) < 4.78 is 9.19. The summed E-state index contributed by atoms with van der Waals surface area (Å²) in [6.07, 6.45) is 7.12. The molecule has 5 rings (SSSR count). The zero-order valence-corrected chi connectivity index (χ0v) is 16.2. The van der Waals surface area contributed by atoms with Crippen LogP contribution in [-0.2, 0) is 6.54 Å². The number of nitrogens with one attached hydrogen (secondary N) is 1. The Labute approximate surface area is 171 Å². The number of rotatable bonds is 5. The number of hydrogen-bond acceptors (Lipinski definition) is 5. The molecule has 0 aliphatic rings. The third-order valence-corrected chi connectivity index (χ3v) is 4.71. The molecule has 0 radical (unpaired) electrons. The molecule has 0 atom stereocenters. The van der Waals surface area contributed by atoms with E-state index >= 15 is 0 Å². The number of imidazole rings is 2. The van der Waals surface area contributed by atoms with Gasteiger partial charge in [-0.3, -0.25) is 13.8 Å². The van der Waals surface area contributed by atoms with Crippen LogP contribution < -0.4 is 5.32 Å². The average molecular weight is 398 g/mol. The van der Waals surface area contributed by atoms with E-state index in [1.807, 2.05) is 76.8 Å². The molecule has 8 heteroatoms. The highest BCUT2D eigenvalue weighted by molar-refractivity contribution is 5.99. The van der Waals surface area contributed by atoms with Gasteiger partial charge in [0.05, 0.1) is 12.1 Å². The molecule has 0 unspecified atom stereocenters. The minimum Gasteiger partial charge on any atom is -0.465 e. The number of amides is 1. The standard InChI is InChI=1S/C22H18N6O2/c1-15-8-9-16(30-15)12-24-22(29)20-18-6-3-5-11-28(18)21(26-20)17-13-27(14-25-17)19-7-2-4-10-23-19/h2-11,13-14H,12H2,1H3,(H,24,29). The summed E-state index contributed by atoms with van der Waals surface area (Å²) in [6.45, 7) is 2.16. The van der Waals surface area contributed by atoms with E-state index in [1.54, 1.807) is 12.5 Å². The number of aryl methyl sites for hydroxylation is 1. The second-order valence-electron chi connectivity index (χ2n) is 6.79. The summed E-state index contributed by atoms with van der Waals surface area (Å²) in [5.41, 5.74) is 1.68. The van der Waals surface area contributed by atoms with Gasteiger partial charge in [0.25, 0.3) is 5.91 Å². The molecule has 1 amide bonds. The van der Waals surface area contributed by atoms with Crippen LogP contribution in [0.1, 0.15) is 22.0 Å². The molecule has 0 saturated heterocycles. The molecule has 0 bridgehead atoms. The number of nitrogens with zero attached hydrogens (tertiary/aromatic N) is 5. The Balaban J connectivity index is 1.48. The van der Waals surface area contributed by atoms with Crippen molar-refractivity contribution in [3.63, 3.8) is 0 Å². The number of carbonyl (C=O) groups excluding carboxylic acids is 1. The molecule has 8 nitrogen and oxygen atoms in total. The molecule has 148 valence electrons. The van der Waals surface area contributed by atoms with E-state index in [0.717, 1.165) is 11.6 Å². The second kappa shape index (κ2) is 7.32. The molecule has 0 spiro atoms. The van der Waals surface area contributed by atoms with Crippen molar-refractivity contribution in [1.29, 1.82) is 0 Å². The Morgan fingerprint density at radius 3 is 2.80 bits per heavy atom. The van der Waals surface area contributed by atoms with Crippen LogP contribution in [0.4, 0.5) is 0 Å². The quantitative estimate of drug-likeness (QED) is 0.490. The molecule has 0 aromatic carbocycles. The summed E-state index contributed by atoms with van der Waals surface area (Å²) in [4.78, 5) is 26.3. The lowest BCUT2D eigenvalue weighted by Gasteiger charge is -2.01. The number of aromatic nitrogens is 5. The van der Waals surface area contributed by atoms with Crippen molar-refractivity contribution in [3.05, 3.63) is 90.7 Å². The van der Waals surface area contributed by atoms with E-state index in [0.29, 0.717) is 35.0 Å². The van der Waals surface area contributed by atoms with E-state index in [2.05, 4.69) is 20.3 Å². The molecular weight excluding hydrogens is 380 g/mol. The van der Waals surface area contributed by atoms with Gasteiger partial charge in [0.1, 0.15) is 29.4 Å². The summed E-state index contributed by atoms with van der Waals surface area (Å²) in [5.74, 6) is 2.56. The van der Waals surface area contributed by atoms with E-state index in [1.165, 1.54) is 0 Å². The largest absolute Gasteiger partial charge is 0.465 e. The zero-order valence-electron chi connectivity index (χ0n) is 16.2. The Bertz CT molecular complexity index is 1330. The minimum absolute atomic E-state index is 0.275. The predicted molar refractivity (Wildman–Crippen MR) is 110 cm³/mol. The first-order chi connectivity index (χ1) is 14.7. The van der Waals surface area contributed by atoms with Crippen LogP contribution in [0, 0.1) is 6.92 Å². The monoisotopic (exact) mass is 398 g/mol. The third-order valence-electron chi connectivity index (χ3n) is 4.71. The molecule has 0 aliphatic carbocycles. The highest BCUT2D eigenvalue weighted by Gasteiger charge is 2.20. The molecule has 5 aromatic rings. The zero-order chi connectivity index (χ0) is 20.5. The fourth-order valence-corrected chi connectivity index (χ4v) is 3.29. The summed E-state index contributed by atoms with van der Waals surface area (Å²) in [5, 5.41) is 2.87. The van der Waals surface area contributed by atoms with Gasteiger partial charge in [-0.1, -0.05) is 12.1 Å². The smallest absolute Gasteiger partial charge is 0.272 e. The third kappa shape index (κ3) is 3.24. The van der Waals surface area contributed by atoms with Gasteiger partial charge in [0.2, 0.25) is 0 Å². The predicted octanol–water partition coefficient (Wildman–Crippen LogP) is 3.41. The van der Waals surface area contributed by atoms with Crippen molar-refractivity contribution in [1.82, 2.24) is 29.2 Å². The van der Waals surface area contributed by atoms with E-state index in [-0.39, 0.29) is 5.91 Å². The van der Waals surface area contributed by atoms with Gasteiger partial charge in [-0.25, -0.2) is 15.0 Å². The molecule has 30 heavy (non-hydrogen) atoms. The number of fused-ring (bicyclic) bond motifs is 1. The first kappa shape index (κ1) is 17.9. The van der Waals surface area contributed by atoms with Crippen LogP contribution in [-0.4, -0.2) is 29.8 Å². The molecule has 1 N–H and O–H groups in total. The Hall–Kier alpha value is -4.20. The molecule has 0 saturated carbocycles. The fraction of sp³-hybridized carbons (Fsp3) is 0.0909. The van der Waals surface area contributed by atoms with Crippen LogP contribution >= 0.6 is 0 Å². The van der Waals surface area contributed by atoms with Crippen LogP contribution in [0.2, 0.25) is 0 Å². The van der Waals surface area contributed by atoms with Crippen LogP contribution in [0.15, 0.2) is 77.9 Å². The van der Waals surface area contributed by atoms with Gasteiger partial charge >= 0.3 is 0 Å². The summed E-state index contributed by atoms with van der Waals surface area (Å²) in [7, 11) is 0. The van der Waals surface area contributed by atoms with Crippen molar-refractivity contribution in [2.75, 3.05) is 0 Å². The van der Waals surface area contributed by atoms with Crippen molar-refractivity contribution < 1.29 is 9.21 Å². The van der Waals surface area contributed by atoms with Crippen molar-refractivity contribution >= 4 is 11.4 Å². The molecule has 5 aromatic heterocycles. The number of carbonyl (C=O) groups is 1. The van der Waals surface area contributed by atoms with Crippen molar-refractivity contribution in [3.8, 4) is 17.3 Å². The molecule has 5 heterocycles. The van der Waals surface area contributed by atoms with Crippen LogP contribution in [0.5, 0.6) is 0 Å². The van der Waals surface area contributed by atoms with Gasteiger partial charge in [-0.05, 0) is 43.3 Å². The first-order valence-corrected chi connectivity index (χ1v) is 9.45. The highest BCUT2D eigenvalue weighted by atomic mass is 16.3. The molecule has 0 aliphatic heterocycles. The van der Waals surface area contributed by atoms with Crippen LogP contribution in [0.25, 0.3) is 22.9 Å².